The molecule has 0 radical (unpaired) electrons. The lowest BCUT2D eigenvalue weighted by Gasteiger charge is -2.10. The molecule has 0 rings (SSSR count). The minimum Gasteiger partial charge on any atom is -0.459 e. The van der Waals surface area contributed by atoms with Crippen molar-refractivity contribution >= 4 is 5.97 Å². The van der Waals surface area contributed by atoms with Gasteiger partial charge in [0, 0.05) is 0 Å². The van der Waals surface area contributed by atoms with E-state index in [1.165, 1.54) is 0 Å². The van der Waals surface area contributed by atoms with Crippen molar-refractivity contribution < 1.29 is 9.53 Å². The van der Waals surface area contributed by atoms with Crippen LogP contribution in [-0.4, -0.2) is 12.1 Å². The van der Waals surface area contributed by atoms with Crippen LogP contribution in [0, 0.1) is 0 Å². The lowest BCUT2D eigenvalue weighted by Crippen LogP contribution is -2.14. The summed E-state index contributed by atoms with van der Waals surface area (Å²) in [6.07, 6.45) is 1.91. The van der Waals surface area contributed by atoms with Crippen molar-refractivity contribution in [3.05, 3.63) is 17.9 Å². The van der Waals surface area contributed by atoms with E-state index in [4.69, 9.17) is 4.74 Å². The molecule has 0 amide bonds. The molecule has 0 aromatic heterocycles. The van der Waals surface area contributed by atoms with Crippen molar-refractivity contribution in [2.45, 2.75) is 39.7 Å². The molecule has 0 N–H and O–H groups in total. The predicted molar refractivity (Wildman–Crippen MR) is 48.8 cm³/mol. The van der Waals surface area contributed by atoms with Crippen LogP contribution in [0.15, 0.2) is 17.9 Å². The highest BCUT2D eigenvalue weighted by Crippen LogP contribution is 2.04. The van der Waals surface area contributed by atoms with Crippen molar-refractivity contribution in [3.63, 3.8) is 0 Å². The van der Waals surface area contributed by atoms with Crippen molar-refractivity contribution in [3.8, 4) is 0 Å². The zero-order valence-corrected chi connectivity index (χ0v) is 8.02. The second kappa shape index (κ2) is 5.62. The first-order chi connectivity index (χ1) is 5.61. The molecule has 1 atom stereocenters. The summed E-state index contributed by atoms with van der Waals surface area (Å²) in [6.45, 7) is 8.96. The van der Waals surface area contributed by atoms with Crippen LogP contribution in [-0.2, 0) is 9.53 Å². The highest BCUT2D eigenvalue weighted by Gasteiger charge is 2.09. The number of hydrogen-bond acceptors (Lipinski definition) is 2. The van der Waals surface area contributed by atoms with Gasteiger partial charge < -0.3 is 4.74 Å². The second-order valence-electron chi connectivity index (χ2n) is 2.81. The highest BCUT2D eigenvalue weighted by atomic mass is 16.5. The topological polar surface area (TPSA) is 26.3 Å². The van der Waals surface area contributed by atoms with Gasteiger partial charge in [-0.15, -0.1) is 5.73 Å². The summed E-state index contributed by atoms with van der Waals surface area (Å²) in [5, 5.41) is 0. The molecule has 1 unspecified atom stereocenters. The normalized spacial score (nSPS) is 11.6. The molecular weight excluding hydrogens is 152 g/mol. The van der Waals surface area contributed by atoms with Gasteiger partial charge >= 0.3 is 5.97 Å². The van der Waals surface area contributed by atoms with E-state index < -0.39 is 0 Å². The van der Waals surface area contributed by atoms with Gasteiger partial charge in [0.15, 0.2) is 0 Å². The Kier molecular flexibility index (Phi) is 5.14. The van der Waals surface area contributed by atoms with Crippen LogP contribution in [0.3, 0.4) is 0 Å². The predicted octanol–water partition coefficient (Wildman–Crippen LogP) is 2.45. The van der Waals surface area contributed by atoms with Crippen LogP contribution in [0.25, 0.3) is 0 Å². The first-order valence-electron chi connectivity index (χ1n) is 4.19. The van der Waals surface area contributed by atoms with Gasteiger partial charge in [-0.1, -0.05) is 19.9 Å². The molecule has 0 spiro atoms. The van der Waals surface area contributed by atoms with Gasteiger partial charge in [-0.3, -0.25) is 0 Å². The number of hydrogen-bond donors (Lipinski definition) is 0. The highest BCUT2D eigenvalue weighted by molar-refractivity contribution is 5.87. The van der Waals surface area contributed by atoms with Gasteiger partial charge in [-0.05, 0) is 20.3 Å². The van der Waals surface area contributed by atoms with E-state index in [1.807, 2.05) is 6.92 Å². The van der Waals surface area contributed by atoms with Crippen molar-refractivity contribution in [1.29, 1.82) is 0 Å². The Morgan fingerprint density at radius 2 is 2.25 bits per heavy atom. The minimum atomic E-state index is -0.314. The SMILES string of the molecule is C=C=C(C)C(=O)OC(C)CCC. The number of ether oxygens (including phenoxy) is 1. The van der Waals surface area contributed by atoms with E-state index >= 15 is 0 Å². The van der Waals surface area contributed by atoms with E-state index in [0.29, 0.717) is 5.57 Å². The fraction of sp³-hybridized carbons (Fsp3) is 0.600. The minimum absolute atomic E-state index is 0.00852. The Morgan fingerprint density at radius 1 is 1.67 bits per heavy atom. The number of carbonyl (C=O) groups excluding carboxylic acids is 1. The van der Waals surface area contributed by atoms with E-state index in [1.54, 1.807) is 6.92 Å². The molecule has 0 aromatic rings. The smallest absolute Gasteiger partial charge is 0.341 e. The maximum Gasteiger partial charge on any atom is 0.341 e. The van der Waals surface area contributed by atoms with Crippen molar-refractivity contribution in [2.75, 3.05) is 0 Å². The summed E-state index contributed by atoms with van der Waals surface area (Å²) in [4.78, 5) is 11.1. The van der Waals surface area contributed by atoms with Crippen LogP contribution < -0.4 is 0 Å². The van der Waals surface area contributed by atoms with Gasteiger partial charge in [0.1, 0.15) is 0 Å². The molecule has 2 nitrogen and oxygen atoms in total. The molecule has 0 aliphatic heterocycles. The van der Waals surface area contributed by atoms with Gasteiger partial charge in [0.05, 0.1) is 11.7 Å². The number of rotatable bonds is 4. The summed E-state index contributed by atoms with van der Waals surface area (Å²) in [7, 11) is 0. The summed E-state index contributed by atoms with van der Waals surface area (Å²) in [5.74, 6) is -0.314. The second-order valence-corrected chi connectivity index (χ2v) is 2.81. The monoisotopic (exact) mass is 168 g/mol. The molecular formula is C10H16O2. The van der Waals surface area contributed by atoms with Crippen LogP contribution in [0.5, 0.6) is 0 Å². The van der Waals surface area contributed by atoms with Gasteiger partial charge in [0.25, 0.3) is 0 Å². The number of carbonyl (C=O) groups is 1. The molecule has 0 aliphatic carbocycles. The summed E-state index contributed by atoms with van der Waals surface area (Å²) >= 11 is 0. The quantitative estimate of drug-likeness (QED) is 0.366. The molecule has 0 aromatic carbocycles. The average Bonchev–Trinajstić information content (AvgIpc) is 2.03. The molecule has 12 heavy (non-hydrogen) atoms. The maximum atomic E-state index is 11.1. The van der Waals surface area contributed by atoms with Gasteiger partial charge in [-0.25, -0.2) is 4.79 Å². The largest absolute Gasteiger partial charge is 0.459 e. The Morgan fingerprint density at radius 3 is 2.67 bits per heavy atom. The van der Waals surface area contributed by atoms with Crippen LogP contribution in [0.2, 0.25) is 0 Å². The Balaban J connectivity index is 3.92. The van der Waals surface area contributed by atoms with Crippen LogP contribution >= 0.6 is 0 Å². The molecule has 2 heteroatoms. The van der Waals surface area contributed by atoms with Gasteiger partial charge in [0.2, 0.25) is 0 Å². The molecule has 0 saturated carbocycles. The fourth-order valence-electron chi connectivity index (χ4n) is 0.809. The Bertz CT molecular complexity index is 200. The van der Waals surface area contributed by atoms with Crippen LogP contribution in [0.1, 0.15) is 33.6 Å². The Hall–Kier alpha value is -1.01. The third kappa shape index (κ3) is 3.99. The van der Waals surface area contributed by atoms with Crippen molar-refractivity contribution in [1.82, 2.24) is 0 Å². The zero-order chi connectivity index (χ0) is 9.56. The third-order valence-electron chi connectivity index (χ3n) is 1.57. The standard InChI is InChI=1S/C10H16O2/c1-5-7-9(4)12-10(11)8(3)6-2/h9H,2,5,7H2,1,3-4H3. The van der Waals surface area contributed by atoms with Gasteiger partial charge in [-0.2, -0.15) is 0 Å². The van der Waals surface area contributed by atoms with E-state index in [9.17, 15) is 4.79 Å². The molecule has 68 valence electrons. The molecule has 0 fully saturated rings. The first-order valence-corrected chi connectivity index (χ1v) is 4.19. The molecule has 0 saturated heterocycles. The van der Waals surface area contributed by atoms with Crippen LogP contribution in [0.4, 0.5) is 0 Å². The summed E-state index contributed by atoms with van der Waals surface area (Å²) in [6, 6.07) is 0. The summed E-state index contributed by atoms with van der Waals surface area (Å²) in [5.41, 5.74) is 2.95. The molecule has 0 bridgehead atoms. The lowest BCUT2D eigenvalue weighted by molar-refractivity contribution is -0.143. The first kappa shape index (κ1) is 11.0. The lowest BCUT2D eigenvalue weighted by atomic mass is 10.2. The average molecular weight is 168 g/mol. The van der Waals surface area contributed by atoms with Crippen molar-refractivity contribution in [2.24, 2.45) is 0 Å². The third-order valence-corrected chi connectivity index (χ3v) is 1.57. The summed E-state index contributed by atoms with van der Waals surface area (Å²) < 4.78 is 5.06. The van der Waals surface area contributed by atoms with E-state index in [-0.39, 0.29) is 12.1 Å². The fourth-order valence-corrected chi connectivity index (χ4v) is 0.809. The van der Waals surface area contributed by atoms with E-state index in [2.05, 4.69) is 19.2 Å². The number of esters is 1. The Labute approximate surface area is 73.9 Å². The van der Waals surface area contributed by atoms with E-state index in [0.717, 1.165) is 12.8 Å². The zero-order valence-electron chi connectivity index (χ0n) is 8.02. The molecule has 0 aliphatic rings. The molecule has 0 heterocycles. The maximum absolute atomic E-state index is 11.1.